The number of benzene rings is 1. The number of aryl methyl sites for hydroxylation is 1. The molecule has 4 nitrogen and oxygen atoms in total. The Labute approximate surface area is 107 Å². The minimum atomic E-state index is 0.350. The zero-order valence-corrected chi connectivity index (χ0v) is 10.9. The van der Waals surface area contributed by atoms with E-state index >= 15 is 0 Å². The van der Waals surface area contributed by atoms with Crippen molar-refractivity contribution in [2.24, 2.45) is 5.92 Å². The molecule has 1 aromatic heterocycles. The lowest BCUT2D eigenvalue weighted by Crippen LogP contribution is -2.04. The maximum atomic E-state index is 5.75. The van der Waals surface area contributed by atoms with Gasteiger partial charge in [0.05, 0.1) is 17.9 Å². The molecular formula is C14H18N2O2. The summed E-state index contributed by atoms with van der Waals surface area (Å²) in [5.74, 6) is 1.73. The number of ether oxygens (including phenoxy) is 1. The van der Waals surface area contributed by atoms with Crippen LogP contribution in [0.15, 0.2) is 28.8 Å². The molecule has 0 saturated heterocycles. The third-order valence-corrected chi connectivity index (χ3v) is 2.62. The van der Waals surface area contributed by atoms with Gasteiger partial charge in [-0.25, -0.2) is 0 Å². The van der Waals surface area contributed by atoms with Crippen LogP contribution in [0.3, 0.4) is 0 Å². The largest absolute Gasteiger partial charge is 0.493 e. The molecule has 0 bridgehead atoms. The zero-order valence-electron chi connectivity index (χ0n) is 10.9. The fraction of sp³-hybridized carbons (Fsp3) is 0.357. The molecule has 96 valence electrons. The van der Waals surface area contributed by atoms with Crippen LogP contribution >= 0.6 is 0 Å². The predicted octanol–water partition coefficient (Wildman–Crippen LogP) is 3.27. The average Bonchev–Trinajstić information content (AvgIpc) is 2.67. The first-order chi connectivity index (χ1) is 8.58. The number of rotatable bonds is 4. The second kappa shape index (κ2) is 5.12. The molecule has 2 N–H and O–H groups in total. The van der Waals surface area contributed by atoms with Crippen LogP contribution < -0.4 is 10.5 Å². The van der Waals surface area contributed by atoms with Crippen LogP contribution in [0.2, 0.25) is 0 Å². The first kappa shape index (κ1) is 12.5. The minimum Gasteiger partial charge on any atom is -0.493 e. The lowest BCUT2D eigenvalue weighted by atomic mass is 10.1. The van der Waals surface area contributed by atoms with Gasteiger partial charge in [0, 0.05) is 0 Å². The van der Waals surface area contributed by atoms with Crippen molar-refractivity contribution in [3.05, 3.63) is 30.0 Å². The summed E-state index contributed by atoms with van der Waals surface area (Å²) in [5.41, 5.74) is 8.39. The van der Waals surface area contributed by atoms with Gasteiger partial charge in [-0.1, -0.05) is 31.1 Å². The van der Waals surface area contributed by atoms with Crippen molar-refractivity contribution in [1.82, 2.24) is 5.16 Å². The molecule has 0 aliphatic carbocycles. The lowest BCUT2D eigenvalue weighted by Gasteiger charge is -2.09. The van der Waals surface area contributed by atoms with Crippen LogP contribution in [-0.4, -0.2) is 11.8 Å². The number of hydrogen-bond acceptors (Lipinski definition) is 4. The van der Waals surface area contributed by atoms with Crippen LogP contribution in [0.25, 0.3) is 11.1 Å². The highest BCUT2D eigenvalue weighted by atomic mass is 16.5. The van der Waals surface area contributed by atoms with Crippen molar-refractivity contribution < 1.29 is 9.26 Å². The van der Waals surface area contributed by atoms with Crippen molar-refractivity contribution in [1.29, 1.82) is 0 Å². The van der Waals surface area contributed by atoms with Gasteiger partial charge in [0.15, 0.2) is 0 Å². The first-order valence-corrected chi connectivity index (χ1v) is 6.03. The molecule has 2 aromatic rings. The van der Waals surface area contributed by atoms with E-state index in [0.29, 0.717) is 18.4 Å². The summed E-state index contributed by atoms with van der Waals surface area (Å²) in [4.78, 5) is 0. The van der Waals surface area contributed by atoms with Crippen molar-refractivity contribution in [3.8, 4) is 16.9 Å². The molecule has 2 rings (SSSR count). The molecule has 4 heteroatoms. The number of hydrogen-bond donors (Lipinski definition) is 1. The molecule has 0 saturated carbocycles. The van der Waals surface area contributed by atoms with E-state index in [1.807, 2.05) is 31.2 Å². The van der Waals surface area contributed by atoms with Gasteiger partial charge in [-0.2, -0.15) is 0 Å². The molecule has 0 fully saturated rings. The Balaban J connectivity index is 2.17. The van der Waals surface area contributed by atoms with E-state index in [1.165, 1.54) is 0 Å². The Morgan fingerprint density at radius 1 is 1.28 bits per heavy atom. The van der Waals surface area contributed by atoms with Crippen LogP contribution in [0.1, 0.15) is 19.5 Å². The summed E-state index contributed by atoms with van der Waals surface area (Å²) in [7, 11) is 0. The van der Waals surface area contributed by atoms with Crippen LogP contribution in [0.4, 0.5) is 5.88 Å². The van der Waals surface area contributed by atoms with E-state index in [0.717, 1.165) is 22.6 Å². The predicted molar refractivity (Wildman–Crippen MR) is 71.4 cm³/mol. The molecule has 0 spiro atoms. The highest BCUT2D eigenvalue weighted by Gasteiger charge is 2.12. The topological polar surface area (TPSA) is 61.3 Å². The molecule has 1 aromatic carbocycles. The SMILES string of the molecule is Cc1noc(N)c1-c1ccc(OCC(C)C)cc1. The van der Waals surface area contributed by atoms with Crippen molar-refractivity contribution >= 4 is 5.88 Å². The third kappa shape index (κ3) is 2.64. The molecule has 1 heterocycles. The molecule has 0 atom stereocenters. The summed E-state index contributed by atoms with van der Waals surface area (Å²) >= 11 is 0. The van der Waals surface area contributed by atoms with Gasteiger partial charge in [-0.3, -0.25) is 0 Å². The van der Waals surface area contributed by atoms with Gasteiger partial charge in [0.2, 0.25) is 5.88 Å². The Morgan fingerprint density at radius 3 is 2.44 bits per heavy atom. The third-order valence-electron chi connectivity index (χ3n) is 2.62. The van der Waals surface area contributed by atoms with Crippen molar-refractivity contribution in [3.63, 3.8) is 0 Å². The Hall–Kier alpha value is -1.97. The van der Waals surface area contributed by atoms with Crippen molar-refractivity contribution in [2.75, 3.05) is 12.3 Å². The zero-order chi connectivity index (χ0) is 13.1. The average molecular weight is 246 g/mol. The molecule has 18 heavy (non-hydrogen) atoms. The Morgan fingerprint density at radius 2 is 1.94 bits per heavy atom. The van der Waals surface area contributed by atoms with Crippen LogP contribution in [0, 0.1) is 12.8 Å². The van der Waals surface area contributed by atoms with Gasteiger partial charge in [0.25, 0.3) is 0 Å². The summed E-state index contributed by atoms with van der Waals surface area (Å²) in [5, 5.41) is 3.84. The number of aromatic nitrogens is 1. The Bertz CT molecular complexity index is 496. The molecule has 0 radical (unpaired) electrons. The smallest absolute Gasteiger partial charge is 0.230 e. The van der Waals surface area contributed by atoms with Gasteiger partial charge in [-0.15, -0.1) is 0 Å². The van der Waals surface area contributed by atoms with Gasteiger partial charge < -0.3 is 15.0 Å². The van der Waals surface area contributed by atoms with E-state index in [2.05, 4.69) is 19.0 Å². The van der Waals surface area contributed by atoms with Crippen molar-refractivity contribution in [2.45, 2.75) is 20.8 Å². The normalized spacial score (nSPS) is 10.9. The fourth-order valence-electron chi connectivity index (χ4n) is 1.72. The molecule has 0 aliphatic rings. The van der Waals surface area contributed by atoms with E-state index in [-0.39, 0.29) is 0 Å². The van der Waals surface area contributed by atoms with Gasteiger partial charge >= 0.3 is 0 Å². The van der Waals surface area contributed by atoms with E-state index < -0.39 is 0 Å². The summed E-state index contributed by atoms with van der Waals surface area (Å²) in [6.45, 7) is 6.83. The molecule has 0 aliphatic heterocycles. The highest BCUT2D eigenvalue weighted by Crippen LogP contribution is 2.30. The minimum absolute atomic E-state index is 0.350. The van der Waals surface area contributed by atoms with Gasteiger partial charge in [-0.05, 0) is 30.5 Å². The fourth-order valence-corrected chi connectivity index (χ4v) is 1.72. The lowest BCUT2D eigenvalue weighted by molar-refractivity contribution is 0.271. The number of nitrogens with two attached hydrogens (primary N) is 1. The monoisotopic (exact) mass is 246 g/mol. The first-order valence-electron chi connectivity index (χ1n) is 6.03. The second-order valence-electron chi connectivity index (χ2n) is 4.74. The number of anilines is 1. The van der Waals surface area contributed by atoms with Gasteiger partial charge in [0.1, 0.15) is 5.75 Å². The summed E-state index contributed by atoms with van der Waals surface area (Å²) < 4.78 is 10.6. The molecular weight excluding hydrogens is 228 g/mol. The highest BCUT2D eigenvalue weighted by molar-refractivity contribution is 5.75. The van der Waals surface area contributed by atoms with E-state index in [9.17, 15) is 0 Å². The maximum Gasteiger partial charge on any atom is 0.230 e. The summed E-state index contributed by atoms with van der Waals surface area (Å²) in [6.07, 6.45) is 0. The maximum absolute atomic E-state index is 5.75. The van der Waals surface area contributed by atoms with Crippen LogP contribution in [-0.2, 0) is 0 Å². The number of nitrogens with zero attached hydrogens (tertiary/aromatic N) is 1. The van der Waals surface area contributed by atoms with Crippen LogP contribution in [0.5, 0.6) is 5.75 Å². The Kier molecular flexibility index (Phi) is 3.55. The summed E-state index contributed by atoms with van der Waals surface area (Å²) in [6, 6.07) is 7.80. The van der Waals surface area contributed by atoms with E-state index in [4.69, 9.17) is 15.0 Å². The standard InChI is InChI=1S/C14H18N2O2/c1-9(2)8-17-12-6-4-11(5-7-12)13-10(3)16-18-14(13)15/h4-7,9H,8,15H2,1-3H3. The van der Waals surface area contributed by atoms with E-state index in [1.54, 1.807) is 0 Å². The quantitative estimate of drug-likeness (QED) is 0.899. The number of nitrogen functional groups attached to an aromatic ring is 1. The molecule has 0 amide bonds. The molecule has 0 unspecified atom stereocenters. The second-order valence-corrected chi connectivity index (χ2v) is 4.74.